The van der Waals surface area contributed by atoms with Crippen LogP contribution in [0.5, 0.6) is 0 Å². The van der Waals surface area contributed by atoms with Crippen LogP contribution in [0.15, 0.2) is 42.6 Å². The van der Waals surface area contributed by atoms with Gasteiger partial charge in [0.2, 0.25) is 5.78 Å². The molecule has 1 atom stereocenters. The zero-order valence-corrected chi connectivity index (χ0v) is 19.3. The highest BCUT2D eigenvalue weighted by Gasteiger charge is 2.32. The summed E-state index contributed by atoms with van der Waals surface area (Å²) in [6.07, 6.45) is -3.55. The zero-order valence-electron chi connectivity index (χ0n) is 19.3. The Morgan fingerprint density at radius 2 is 1.58 bits per heavy atom. The van der Waals surface area contributed by atoms with E-state index in [0.717, 1.165) is 17.8 Å². The molecule has 0 amide bonds. The Labute approximate surface area is 192 Å². The second-order valence-corrected chi connectivity index (χ2v) is 9.43. The lowest BCUT2D eigenvalue weighted by Gasteiger charge is -2.32. The SMILES string of the molecule is CC(OC(=O)C1CCN(c2ccc(C(F)(F)F)cn2)CC1)C(=O)c1ccc(C(C)(C)C)cc1. The van der Waals surface area contributed by atoms with Crippen molar-refractivity contribution in [1.29, 1.82) is 0 Å². The Morgan fingerprint density at radius 3 is 2.06 bits per heavy atom. The fraction of sp³-hybridized carbons (Fsp3) is 0.480. The fourth-order valence-corrected chi connectivity index (χ4v) is 3.78. The van der Waals surface area contributed by atoms with Gasteiger partial charge < -0.3 is 9.64 Å². The average Bonchev–Trinajstić information content (AvgIpc) is 2.77. The maximum atomic E-state index is 12.7. The van der Waals surface area contributed by atoms with Crippen LogP contribution in [0.25, 0.3) is 0 Å². The van der Waals surface area contributed by atoms with Gasteiger partial charge in [0.05, 0.1) is 11.5 Å². The van der Waals surface area contributed by atoms with E-state index in [1.807, 2.05) is 17.0 Å². The van der Waals surface area contributed by atoms with Gasteiger partial charge in [-0.3, -0.25) is 9.59 Å². The Hall–Kier alpha value is -2.90. The van der Waals surface area contributed by atoms with E-state index in [4.69, 9.17) is 4.74 Å². The Balaban J connectivity index is 1.52. The highest BCUT2D eigenvalue weighted by Crippen LogP contribution is 2.30. The molecule has 0 spiro atoms. The monoisotopic (exact) mass is 462 g/mol. The van der Waals surface area contributed by atoms with Crippen LogP contribution in [-0.2, 0) is 21.1 Å². The van der Waals surface area contributed by atoms with Crippen LogP contribution in [-0.4, -0.2) is 35.9 Å². The molecule has 0 aliphatic carbocycles. The number of ether oxygens (including phenoxy) is 1. The summed E-state index contributed by atoms with van der Waals surface area (Å²) >= 11 is 0. The number of carbonyl (C=O) groups excluding carboxylic acids is 2. The van der Waals surface area contributed by atoms with E-state index in [9.17, 15) is 22.8 Å². The molecule has 0 N–H and O–H groups in total. The van der Waals surface area contributed by atoms with Gasteiger partial charge in [-0.05, 0) is 42.9 Å². The van der Waals surface area contributed by atoms with Crippen LogP contribution in [0, 0.1) is 5.92 Å². The van der Waals surface area contributed by atoms with Gasteiger partial charge in [0.1, 0.15) is 5.82 Å². The summed E-state index contributed by atoms with van der Waals surface area (Å²) < 4.78 is 43.6. The molecule has 1 aliphatic heterocycles. The number of piperidine rings is 1. The fourth-order valence-electron chi connectivity index (χ4n) is 3.78. The molecule has 2 heterocycles. The van der Waals surface area contributed by atoms with Gasteiger partial charge >= 0.3 is 12.1 Å². The Bertz CT molecular complexity index is 972. The molecular formula is C25H29F3N2O3. The first kappa shape index (κ1) is 24.7. The summed E-state index contributed by atoms with van der Waals surface area (Å²) in [4.78, 5) is 31.0. The van der Waals surface area contributed by atoms with Crippen molar-refractivity contribution in [3.05, 3.63) is 59.3 Å². The molecule has 0 bridgehead atoms. The number of nitrogens with zero attached hydrogens (tertiary/aromatic N) is 2. The van der Waals surface area contributed by atoms with E-state index in [1.165, 1.54) is 6.07 Å². The largest absolute Gasteiger partial charge is 0.454 e. The van der Waals surface area contributed by atoms with Crippen molar-refractivity contribution in [2.24, 2.45) is 5.92 Å². The number of Topliss-reactive ketones (excluding diaryl/α,β-unsaturated/α-hetero) is 1. The predicted octanol–water partition coefficient (Wildman–Crippen LogP) is 5.43. The third kappa shape index (κ3) is 6.12. The predicted molar refractivity (Wildman–Crippen MR) is 119 cm³/mol. The summed E-state index contributed by atoms with van der Waals surface area (Å²) in [5.41, 5.74) is 0.783. The molecule has 1 fully saturated rings. The maximum Gasteiger partial charge on any atom is 0.417 e. The Morgan fingerprint density at radius 1 is 1.00 bits per heavy atom. The van der Waals surface area contributed by atoms with Gasteiger partial charge in [-0.2, -0.15) is 13.2 Å². The van der Waals surface area contributed by atoms with E-state index >= 15 is 0 Å². The number of halogens is 3. The normalized spacial score (nSPS) is 16.4. The van der Waals surface area contributed by atoms with Gasteiger partial charge in [0, 0.05) is 24.8 Å². The molecule has 2 aromatic rings. The topological polar surface area (TPSA) is 59.5 Å². The quantitative estimate of drug-likeness (QED) is 0.438. The molecule has 1 saturated heterocycles. The molecule has 1 unspecified atom stereocenters. The number of alkyl halides is 3. The molecule has 33 heavy (non-hydrogen) atoms. The Kier molecular flexibility index (Phi) is 7.14. The molecule has 5 nitrogen and oxygen atoms in total. The highest BCUT2D eigenvalue weighted by molar-refractivity contribution is 6.00. The molecule has 0 saturated carbocycles. The first-order valence-electron chi connectivity index (χ1n) is 11.0. The van der Waals surface area contributed by atoms with E-state index in [2.05, 4.69) is 25.8 Å². The van der Waals surface area contributed by atoms with Crippen LogP contribution < -0.4 is 4.90 Å². The minimum Gasteiger partial charge on any atom is -0.454 e. The van der Waals surface area contributed by atoms with Gasteiger partial charge in [-0.25, -0.2) is 4.98 Å². The van der Waals surface area contributed by atoms with Crippen LogP contribution in [0.2, 0.25) is 0 Å². The minimum atomic E-state index is -4.43. The van der Waals surface area contributed by atoms with Gasteiger partial charge in [0.15, 0.2) is 6.10 Å². The lowest BCUT2D eigenvalue weighted by molar-refractivity contribution is -0.152. The summed E-state index contributed by atoms with van der Waals surface area (Å²) in [6, 6.07) is 9.67. The molecule has 178 valence electrons. The summed E-state index contributed by atoms with van der Waals surface area (Å²) in [6.45, 7) is 8.77. The maximum absolute atomic E-state index is 12.7. The van der Waals surface area contributed by atoms with Crippen molar-refractivity contribution in [1.82, 2.24) is 4.98 Å². The number of aromatic nitrogens is 1. The van der Waals surface area contributed by atoms with Crippen molar-refractivity contribution < 1.29 is 27.5 Å². The molecule has 3 rings (SSSR count). The van der Waals surface area contributed by atoms with Crippen LogP contribution in [0.4, 0.5) is 19.0 Å². The highest BCUT2D eigenvalue weighted by atomic mass is 19.4. The number of benzene rings is 1. The van der Waals surface area contributed by atoms with Crippen molar-refractivity contribution in [2.45, 2.75) is 58.2 Å². The van der Waals surface area contributed by atoms with E-state index in [1.54, 1.807) is 19.1 Å². The summed E-state index contributed by atoms with van der Waals surface area (Å²) in [5.74, 6) is -0.608. The number of esters is 1. The van der Waals surface area contributed by atoms with E-state index in [0.29, 0.717) is 37.3 Å². The molecule has 1 aromatic carbocycles. The molecular weight excluding hydrogens is 433 g/mol. The molecule has 8 heteroatoms. The van der Waals surface area contributed by atoms with Crippen molar-refractivity contribution >= 4 is 17.6 Å². The second kappa shape index (κ2) is 9.53. The minimum absolute atomic E-state index is 0.0234. The van der Waals surface area contributed by atoms with Gasteiger partial charge in [-0.1, -0.05) is 45.0 Å². The number of rotatable bonds is 5. The van der Waals surface area contributed by atoms with Crippen LogP contribution in [0.3, 0.4) is 0 Å². The van der Waals surface area contributed by atoms with Crippen LogP contribution in [0.1, 0.15) is 62.0 Å². The summed E-state index contributed by atoms with van der Waals surface area (Å²) in [7, 11) is 0. The molecule has 1 aliphatic rings. The van der Waals surface area contributed by atoms with Crippen molar-refractivity contribution in [3.63, 3.8) is 0 Å². The number of hydrogen-bond acceptors (Lipinski definition) is 5. The number of anilines is 1. The smallest absolute Gasteiger partial charge is 0.417 e. The zero-order chi connectivity index (χ0) is 24.4. The number of ketones is 1. The van der Waals surface area contributed by atoms with Crippen molar-refractivity contribution in [2.75, 3.05) is 18.0 Å². The van der Waals surface area contributed by atoms with Crippen molar-refractivity contribution in [3.8, 4) is 0 Å². The summed E-state index contributed by atoms with van der Waals surface area (Å²) in [5, 5.41) is 0. The average molecular weight is 463 g/mol. The second-order valence-electron chi connectivity index (χ2n) is 9.43. The van der Waals surface area contributed by atoms with Gasteiger partial charge in [0.25, 0.3) is 0 Å². The molecule has 0 radical (unpaired) electrons. The number of hydrogen-bond donors (Lipinski definition) is 0. The standard InChI is InChI=1S/C25H29F3N2O3/c1-16(22(31)17-5-7-19(8-6-17)24(2,3)4)33-23(32)18-11-13-30(14-12-18)21-10-9-20(15-29-21)25(26,27)28/h5-10,15-16,18H,11-14H2,1-4H3. The first-order chi connectivity index (χ1) is 15.4. The van der Waals surface area contributed by atoms with Gasteiger partial charge in [-0.15, -0.1) is 0 Å². The van der Waals surface area contributed by atoms with E-state index in [-0.39, 0.29) is 17.1 Å². The lowest BCUT2D eigenvalue weighted by Crippen LogP contribution is -2.38. The van der Waals surface area contributed by atoms with E-state index < -0.39 is 23.8 Å². The third-order valence-electron chi connectivity index (χ3n) is 5.93. The first-order valence-corrected chi connectivity index (χ1v) is 11.0. The van der Waals surface area contributed by atoms with Crippen LogP contribution >= 0.6 is 0 Å². The third-order valence-corrected chi connectivity index (χ3v) is 5.93. The number of pyridine rings is 1. The molecule has 1 aromatic heterocycles. The number of carbonyl (C=O) groups is 2. The lowest BCUT2D eigenvalue weighted by atomic mass is 9.86.